The average molecular weight is 1650 g/mol. The largest absolute Gasteiger partial charge is 0.466 e. The Morgan fingerprint density at radius 2 is 0.894 bits per heavy atom. The Bertz CT molecular complexity index is 4190. The van der Waals surface area contributed by atoms with Crippen LogP contribution in [0.5, 0.6) is 11.5 Å². The number of carbonyl (C=O) groups excluding carboxylic acids is 8. The van der Waals surface area contributed by atoms with Crippen molar-refractivity contribution in [2.75, 3.05) is 26.4 Å². The second-order valence-electron chi connectivity index (χ2n) is 30.9. The van der Waals surface area contributed by atoms with Gasteiger partial charge in [0, 0.05) is 46.4 Å². The van der Waals surface area contributed by atoms with Crippen LogP contribution < -0.4 is 9.47 Å². The van der Waals surface area contributed by atoms with Crippen LogP contribution in [0.1, 0.15) is 274 Å². The summed E-state index contributed by atoms with van der Waals surface area (Å²) in [5, 5.41) is 0. The highest BCUT2D eigenvalue weighted by Crippen LogP contribution is 2.45. The Morgan fingerprint density at radius 3 is 1.38 bits per heavy atom. The molecule has 0 N–H and O–H groups in total. The van der Waals surface area contributed by atoms with Crippen LogP contribution in [0.2, 0.25) is 0 Å². The van der Waals surface area contributed by atoms with Crippen molar-refractivity contribution in [1.29, 1.82) is 0 Å². The molecule has 598 valence electrons. The van der Waals surface area contributed by atoms with Crippen molar-refractivity contribution in [3.63, 3.8) is 0 Å². The maximum Gasteiger partial charge on any atom is 0.339 e. The molecule has 0 aliphatic heterocycles. The van der Waals surface area contributed by atoms with Crippen molar-refractivity contribution in [2.24, 2.45) is 47.3 Å². The van der Waals surface area contributed by atoms with E-state index < -0.39 is 17.5 Å². The minimum atomic E-state index is -0.933. The molecule has 0 bridgehead atoms. The van der Waals surface area contributed by atoms with E-state index in [0.717, 1.165) is 103 Å². The van der Waals surface area contributed by atoms with Crippen LogP contribution in [-0.4, -0.2) is 85.9 Å². The van der Waals surface area contributed by atoms with Crippen molar-refractivity contribution in [2.45, 2.75) is 232 Å². The zero-order valence-corrected chi connectivity index (χ0v) is 68.3. The molecule has 10 rings (SSSR count). The first-order chi connectivity index (χ1) is 54.9. The van der Waals surface area contributed by atoms with Gasteiger partial charge in [-0.2, -0.15) is 0 Å². The number of unbranched alkanes of at least 4 members (excludes halogenated alkanes) is 5. The average Bonchev–Trinajstić information content (AvgIpc) is 0.802. The minimum Gasteiger partial charge on any atom is -0.466 e. The summed E-state index contributed by atoms with van der Waals surface area (Å²) in [4.78, 5) is 99.7. The van der Waals surface area contributed by atoms with Gasteiger partial charge in [0.2, 0.25) is 0 Å². The number of hydrogen-bond donors (Lipinski definition) is 0. The Hall–Kier alpha value is -9.43. The Morgan fingerprint density at radius 1 is 0.451 bits per heavy atom. The quantitative estimate of drug-likeness (QED) is 0.00829. The number of terminal acetylenes is 1. The van der Waals surface area contributed by atoms with E-state index in [1.165, 1.54) is 71.1 Å². The number of carbonyl (C=O) groups is 8. The lowest BCUT2D eigenvalue weighted by atomic mass is 9.67. The first kappa shape index (κ1) is 87.5. The van der Waals surface area contributed by atoms with E-state index in [2.05, 4.69) is 84.5 Å². The smallest absolute Gasteiger partial charge is 0.339 e. The summed E-state index contributed by atoms with van der Waals surface area (Å²) in [6.45, 7) is 10.5. The van der Waals surface area contributed by atoms with Crippen LogP contribution in [0.15, 0.2) is 128 Å². The summed E-state index contributed by atoms with van der Waals surface area (Å²) < 4.78 is 45.0. The van der Waals surface area contributed by atoms with Gasteiger partial charge in [-0.3, -0.25) is 24.0 Å². The van der Waals surface area contributed by atoms with Crippen molar-refractivity contribution < 1.29 is 76.3 Å². The van der Waals surface area contributed by atoms with E-state index in [1.54, 1.807) is 42.5 Å². The van der Waals surface area contributed by atoms with Crippen molar-refractivity contribution in [3.05, 3.63) is 176 Å². The molecule has 5 saturated carbocycles. The van der Waals surface area contributed by atoms with Gasteiger partial charge in [0.25, 0.3) is 0 Å². The van der Waals surface area contributed by atoms with Gasteiger partial charge in [-0.1, -0.05) is 107 Å². The third-order valence-electron chi connectivity index (χ3n) is 22.6. The molecule has 0 aromatic heterocycles. The fourth-order valence-electron chi connectivity index (χ4n) is 15.8. The number of esters is 8. The summed E-state index contributed by atoms with van der Waals surface area (Å²) >= 11 is 2.08. The molecule has 5 aromatic carbocycles. The summed E-state index contributed by atoms with van der Waals surface area (Å²) in [5.41, 5.74) is 5.09. The van der Waals surface area contributed by atoms with Crippen molar-refractivity contribution in [1.82, 2.24) is 0 Å². The fraction of sp³-hybridized carbons (Fsp3) is 0.500. The molecule has 0 spiro atoms. The molecular formula is C96H111IO16. The van der Waals surface area contributed by atoms with Crippen molar-refractivity contribution >= 4 is 70.3 Å². The van der Waals surface area contributed by atoms with Crippen LogP contribution in [0.4, 0.5) is 0 Å². The van der Waals surface area contributed by atoms with Gasteiger partial charge in [0.05, 0.1) is 64.8 Å². The highest BCUT2D eigenvalue weighted by molar-refractivity contribution is 14.1. The van der Waals surface area contributed by atoms with Crippen LogP contribution >= 0.6 is 22.6 Å². The van der Waals surface area contributed by atoms with E-state index >= 15 is 0 Å². The predicted molar refractivity (Wildman–Crippen MR) is 442 cm³/mol. The summed E-state index contributed by atoms with van der Waals surface area (Å²) in [5.74, 6) is 22.2. The van der Waals surface area contributed by atoms with E-state index in [-0.39, 0.29) is 78.8 Å². The Kier molecular flexibility index (Phi) is 36.2. The summed E-state index contributed by atoms with van der Waals surface area (Å²) in [6.07, 6.45) is 34.6. The lowest BCUT2D eigenvalue weighted by molar-refractivity contribution is -0.152. The lowest BCUT2D eigenvalue weighted by Gasteiger charge is -2.41. The normalized spacial score (nSPS) is 21.7. The Labute approximate surface area is 682 Å². The second-order valence-corrected chi connectivity index (χ2v) is 32.0. The van der Waals surface area contributed by atoms with Gasteiger partial charge >= 0.3 is 47.8 Å². The molecule has 16 nitrogen and oxygen atoms in total. The van der Waals surface area contributed by atoms with E-state index in [4.69, 9.17) is 44.3 Å². The molecule has 0 unspecified atom stereocenters. The molecule has 0 radical (unpaired) electrons. The topological polar surface area (TPSA) is 210 Å². The van der Waals surface area contributed by atoms with Crippen LogP contribution in [0.25, 0.3) is 0 Å². The van der Waals surface area contributed by atoms with Gasteiger partial charge < -0.3 is 37.9 Å². The number of rotatable bonds is 29. The van der Waals surface area contributed by atoms with Gasteiger partial charge in [0.15, 0.2) is 5.60 Å². The Balaban J connectivity index is 0.000000297. The van der Waals surface area contributed by atoms with Gasteiger partial charge in [0.1, 0.15) is 17.6 Å². The molecule has 17 heteroatoms. The number of ether oxygens (including phenoxy) is 8. The van der Waals surface area contributed by atoms with E-state index in [9.17, 15) is 38.4 Å². The maximum atomic E-state index is 13.9. The standard InChI is InChI=1S/C63H66O8.C33H45IO8/c1-4-9-48-26-28-54(29-27-48)55-39-42-63(43-40-55,41-38-53-24-22-52(23-25-53)21-20-51-18-16-50(17-19-51)15-14-49-12-10-47(5-2)11-13-49)71-62(67)58-34-36-59(37-35-58)70-61(66)57-32-30-56(31-33-57)60(65)69-45-8-6-7-44-68-46(3)64;1-3-5-6-9-23-10-17-27(18-11-23)41-33(38)26-16-19-29(28(34)22-26)42-32(37)25-14-12-24(13-15-25)31(36)40-21-8-7-20-39-30(35)4-2/h2,10-13,16-19,22-25,34-37,48,54-57H,4,6-9,26-33,39-40,42-45H2,1,3H3;4,16,19,22-25,27H,2-3,5-15,17-18,20-21H2,1H3. The molecule has 113 heavy (non-hydrogen) atoms. The molecule has 5 aliphatic carbocycles. The maximum absolute atomic E-state index is 13.9. The van der Waals surface area contributed by atoms with Crippen LogP contribution in [0.3, 0.4) is 0 Å². The SMILES string of the molecule is C#Cc1ccc(C#Cc2ccc(C#Cc3ccc(C#CC4(OC(=O)c5ccc(OC(=O)C6CCC(C(=O)OCCCCCOC(C)=O)CC6)cc5)CCC(C5CCC(CCC)CC5)CC4)cc3)cc2)cc1.C=CC(=O)OCCCCOC(=O)C1CCC(C(=O)Oc2ccc(C(=O)OC3CCC(CCCCC)CC3)cc2I)CC1. The molecule has 0 saturated heterocycles. The molecule has 0 atom stereocenters. The van der Waals surface area contributed by atoms with E-state index in [1.807, 2.05) is 72.8 Å². The molecule has 5 aliphatic rings. The monoisotopic (exact) mass is 1650 g/mol. The van der Waals surface area contributed by atoms with Crippen LogP contribution in [0, 0.1) is 98.8 Å². The zero-order chi connectivity index (χ0) is 80.2. The third-order valence-corrected chi connectivity index (χ3v) is 23.5. The molecule has 5 fully saturated rings. The first-order valence-electron chi connectivity index (χ1n) is 41.2. The van der Waals surface area contributed by atoms with Gasteiger partial charge in [-0.15, -0.1) is 6.42 Å². The molecule has 0 amide bonds. The number of hydrogen-bond acceptors (Lipinski definition) is 16. The highest BCUT2D eigenvalue weighted by Gasteiger charge is 2.41. The number of benzene rings is 5. The summed E-state index contributed by atoms with van der Waals surface area (Å²) in [6, 6.07) is 34.9. The molecule has 5 aromatic rings. The first-order valence-corrected chi connectivity index (χ1v) is 42.3. The van der Waals surface area contributed by atoms with Gasteiger partial charge in [-0.05, 0) is 315 Å². The predicted octanol–water partition coefficient (Wildman–Crippen LogP) is 19.6. The molecule has 0 heterocycles. The molecular weight excluding hydrogens is 1540 g/mol. The zero-order valence-electron chi connectivity index (χ0n) is 66.2. The van der Waals surface area contributed by atoms with E-state index in [0.29, 0.717) is 135 Å². The fourth-order valence-corrected chi connectivity index (χ4v) is 16.4. The second kappa shape index (κ2) is 46.7. The highest BCUT2D eigenvalue weighted by atomic mass is 127. The van der Waals surface area contributed by atoms with Crippen molar-refractivity contribution in [3.8, 4) is 59.4 Å². The minimum absolute atomic E-state index is 0.0311. The lowest BCUT2D eigenvalue weighted by Crippen LogP contribution is -2.39. The number of halogens is 1. The summed E-state index contributed by atoms with van der Waals surface area (Å²) in [7, 11) is 0. The van der Waals surface area contributed by atoms with Gasteiger partial charge in [-0.25, -0.2) is 14.4 Å². The van der Waals surface area contributed by atoms with Crippen LogP contribution in [-0.2, 0) is 57.2 Å². The third kappa shape index (κ3) is 29.5.